The van der Waals surface area contributed by atoms with E-state index in [2.05, 4.69) is 158 Å². The predicted octanol–water partition coefficient (Wildman–Crippen LogP) is 11.0. The third-order valence-electron chi connectivity index (χ3n) is 10.2. The molecule has 0 atom stereocenters. The second-order valence-corrected chi connectivity index (χ2v) is 13.1. The molecule has 7 aromatic carbocycles. The summed E-state index contributed by atoms with van der Waals surface area (Å²) < 4.78 is 2.24. The Bertz CT molecular complexity index is 2730. The van der Waals surface area contributed by atoms with Crippen LogP contribution in [0.25, 0.3) is 82.6 Å². The van der Waals surface area contributed by atoms with E-state index in [0.29, 0.717) is 5.95 Å². The first-order valence-electron chi connectivity index (χ1n) is 15.9. The lowest BCUT2D eigenvalue weighted by molar-refractivity contribution is 0.661. The number of para-hydroxylation sites is 2. The zero-order valence-electron chi connectivity index (χ0n) is 25.6. The van der Waals surface area contributed by atoms with Crippen molar-refractivity contribution >= 4 is 54.3 Å². The van der Waals surface area contributed by atoms with Crippen molar-refractivity contribution in [2.75, 3.05) is 0 Å². The summed E-state index contributed by atoms with van der Waals surface area (Å²) in [7, 11) is 0. The molecular weight excluding hydrogens is 558 g/mol. The molecule has 1 aliphatic rings. The van der Waals surface area contributed by atoms with Crippen LogP contribution in [0.2, 0.25) is 0 Å². The van der Waals surface area contributed by atoms with Crippen LogP contribution in [0.15, 0.2) is 140 Å². The van der Waals surface area contributed by atoms with Gasteiger partial charge in [0.25, 0.3) is 0 Å². The number of hydrogen-bond acceptors (Lipinski definition) is 2. The summed E-state index contributed by atoms with van der Waals surface area (Å²) >= 11 is 0. The summed E-state index contributed by atoms with van der Waals surface area (Å²) in [6.45, 7) is 4.70. The number of nitrogens with zero attached hydrogens (tertiary/aromatic N) is 3. The molecule has 3 nitrogen and oxygen atoms in total. The molecule has 0 bridgehead atoms. The first-order valence-corrected chi connectivity index (χ1v) is 15.9. The van der Waals surface area contributed by atoms with Crippen molar-refractivity contribution in [2.45, 2.75) is 19.3 Å². The van der Waals surface area contributed by atoms with Crippen LogP contribution in [0.3, 0.4) is 0 Å². The SMILES string of the molecule is CC1(C)c2cc(-c3nc(-n4c5ccccc5c5cc6ccccc6cc54)nc4ccccc34)ccc2-c2c1ccc1ccccc21. The molecule has 0 aliphatic heterocycles. The maximum Gasteiger partial charge on any atom is 0.235 e. The molecule has 0 saturated heterocycles. The van der Waals surface area contributed by atoms with Gasteiger partial charge in [-0.05, 0) is 74.1 Å². The average Bonchev–Trinajstić information content (AvgIpc) is 3.54. The van der Waals surface area contributed by atoms with Crippen LogP contribution in [-0.4, -0.2) is 14.5 Å². The molecular formula is C43H29N3. The van der Waals surface area contributed by atoms with Crippen LogP contribution in [0.4, 0.5) is 0 Å². The smallest absolute Gasteiger partial charge is 0.235 e. The molecule has 0 amide bonds. The van der Waals surface area contributed by atoms with Crippen LogP contribution in [0, 0.1) is 0 Å². The highest BCUT2D eigenvalue weighted by molar-refractivity contribution is 6.13. The van der Waals surface area contributed by atoms with Gasteiger partial charge in [0.2, 0.25) is 5.95 Å². The fourth-order valence-corrected chi connectivity index (χ4v) is 7.91. The lowest BCUT2D eigenvalue weighted by Crippen LogP contribution is -2.15. The van der Waals surface area contributed by atoms with E-state index in [1.54, 1.807) is 0 Å². The number of aromatic nitrogens is 3. The largest absolute Gasteiger partial charge is 0.278 e. The summed E-state index contributed by atoms with van der Waals surface area (Å²) in [6, 6.07) is 50.4. The predicted molar refractivity (Wildman–Crippen MR) is 192 cm³/mol. The van der Waals surface area contributed by atoms with Crippen molar-refractivity contribution in [3.8, 4) is 28.3 Å². The molecule has 2 aromatic heterocycles. The van der Waals surface area contributed by atoms with Gasteiger partial charge in [-0.15, -0.1) is 0 Å². The molecule has 10 rings (SSSR count). The Morgan fingerprint density at radius 2 is 1.20 bits per heavy atom. The van der Waals surface area contributed by atoms with E-state index >= 15 is 0 Å². The highest BCUT2D eigenvalue weighted by Crippen LogP contribution is 2.52. The highest BCUT2D eigenvalue weighted by Gasteiger charge is 2.36. The van der Waals surface area contributed by atoms with Crippen LogP contribution in [0.1, 0.15) is 25.0 Å². The average molecular weight is 588 g/mol. The number of rotatable bonds is 2. The van der Waals surface area contributed by atoms with Gasteiger partial charge in [0.15, 0.2) is 0 Å². The third-order valence-corrected chi connectivity index (χ3v) is 10.2. The molecule has 9 aromatic rings. The van der Waals surface area contributed by atoms with Gasteiger partial charge in [-0.1, -0.05) is 123 Å². The van der Waals surface area contributed by atoms with Crippen LogP contribution >= 0.6 is 0 Å². The van der Waals surface area contributed by atoms with Gasteiger partial charge in [-0.25, -0.2) is 9.97 Å². The van der Waals surface area contributed by atoms with Gasteiger partial charge in [0.05, 0.1) is 22.2 Å². The van der Waals surface area contributed by atoms with Crippen molar-refractivity contribution in [3.63, 3.8) is 0 Å². The Kier molecular flexibility index (Phi) is 5.06. The molecule has 0 spiro atoms. The van der Waals surface area contributed by atoms with E-state index in [-0.39, 0.29) is 5.41 Å². The van der Waals surface area contributed by atoms with Gasteiger partial charge in [-0.3, -0.25) is 4.57 Å². The van der Waals surface area contributed by atoms with Crippen molar-refractivity contribution in [3.05, 3.63) is 151 Å². The van der Waals surface area contributed by atoms with Gasteiger partial charge in [0.1, 0.15) is 0 Å². The molecule has 46 heavy (non-hydrogen) atoms. The summed E-state index contributed by atoms with van der Waals surface area (Å²) in [6.07, 6.45) is 0. The first kappa shape index (κ1) is 25.5. The van der Waals surface area contributed by atoms with E-state index in [1.165, 1.54) is 54.6 Å². The van der Waals surface area contributed by atoms with Crippen LogP contribution < -0.4 is 0 Å². The third kappa shape index (κ3) is 3.43. The van der Waals surface area contributed by atoms with Crippen LogP contribution in [-0.2, 0) is 5.41 Å². The molecule has 216 valence electrons. The fraction of sp³-hybridized carbons (Fsp3) is 0.0698. The highest BCUT2D eigenvalue weighted by atomic mass is 15.2. The minimum absolute atomic E-state index is 0.135. The zero-order valence-corrected chi connectivity index (χ0v) is 25.6. The minimum atomic E-state index is -0.135. The Hall–Kier alpha value is -5.80. The monoisotopic (exact) mass is 587 g/mol. The van der Waals surface area contributed by atoms with Gasteiger partial charge < -0.3 is 0 Å². The Balaban J connectivity index is 1.24. The lowest BCUT2D eigenvalue weighted by Gasteiger charge is -2.22. The Labute approximate surface area is 266 Å². The quantitative estimate of drug-likeness (QED) is 0.201. The Morgan fingerprint density at radius 1 is 0.500 bits per heavy atom. The molecule has 0 radical (unpaired) electrons. The maximum atomic E-state index is 5.42. The van der Waals surface area contributed by atoms with Crippen molar-refractivity contribution < 1.29 is 0 Å². The van der Waals surface area contributed by atoms with Crippen molar-refractivity contribution in [1.82, 2.24) is 14.5 Å². The van der Waals surface area contributed by atoms with E-state index < -0.39 is 0 Å². The van der Waals surface area contributed by atoms with E-state index in [4.69, 9.17) is 9.97 Å². The number of fused-ring (bicyclic) bond motifs is 10. The summed E-state index contributed by atoms with van der Waals surface area (Å²) in [5.41, 5.74) is 10.5. The molecule has 0 N–H and O–H groups in total. The molecule has 2 heterocycles. The van der Waals surface area contributed by atoms with E-state index in [9.17, 15) is 0 Å². The summed E-state index contributed by atoms with van der Waals surface area (Å²) in [5.74, 6) is 0.684. The van der Waals surface area contributed by atoms with E-state index in [0.717, 1.165) is 33.2 Å². The van der Waals surface area contributed by atoms with Gasteiger partial charge in [-0.2, -0.15) is 0 Å². The second-order valence-electron chi connectivity index (χ2n) is 13.1. The second kappa shape index (κ2) is 9.12. The standard InChI is InChI=1S/C43H29N3/c1-43(2)35-22-20-26-11-5-6-14-30(26)40(35)32-21-19-29(24-36(32)43)41-33-16-7-9-17-37(33)44-42(45-41)46-38-18-10-8-15-31(38)34-23-27-12-3-4-13-28(27)25-39(34)46/h3-25H,1-2H3. The summed E-state index contributed by atoms with van der Waals surface area (Å²) in [5, 5.41) is 8.48. The molecule has 1 aliphatic carbocycles. The number of benzene rings is 7. The topological polar surface area (TPSA) is 30.7 Å². The normalized spacial score (nSPS) is 13.6. The Morgan fingerprint density at radius 3 is 2.04 bits per heavy atom. The lowest BCUT2D eigenvalue weighted by atomic mass is 9.81. The van der Waals surface area contributed by atoms with Gasteiger partial charge in [0, 0.05) is 27.1 Å². The van der Waals surface area contributed by atoms with Crippen LogP contribution in [0.5, 0.6) is 0 Å². The first-order chi connectivity index (χ1) is 22.6. The molecule has 0 saturated carbocycles. The molecule has 0 unspecified atom stereocenters. The minimum Gasteiger partial charge on any atom is -0.278 e. The van der Waals surface area contributed by atoms with Crippen molar-refractivity contribution in [2.24, 2.45) is 0 Å². The maximum absolute atomic E-state index is 5.42. The van der Waals surface area contributed by atoms with Crippen molar-refractivity contribution in [1.29, 1.82) is 0 Å². The molecule has 3 heteroatoms. The zero-order chi connectivity index (χ0) is 30.6. The molecule has 0 fully saturated rings. The van der Waals surface area contributed by atoms with E-state index in [1.807, 2.05) is 0 Å². The summed E-state index contributed by atoms with van der Waals surface area (Å²) in [4.78, 5) is 10.6. The number of hydrogen-bond donors (Lipinski definition) is 0. The fourth-order valence-electron chi connectivity index (χ4n) is 7.91. The van der Waals surface area contributed by atoms with Gasteiger partial charge >= 0.3 is 0 Å².